The first kappa shape index (κ1) is 32.6. The highest BCUT2D eigenvalue weighted by molar-refractivity contribution is 7.21. The second-order valence-electron chi connectivity index (χ2n) is 12.1. The van der Waals surface area contributed by atoms with Crippen molar-refractivity contribution in [3.8, 4) is 17.0 Å². The fraction of sp³-hybridized carbons (Fsp3) is 0.394. The number of thiophene rings is 1. The van der Waals surface area contributed by atoms with E-state index in [1.165, 1.54) is 0 Å². The molecule has 0 saturated heterocycles. The van der Waals surface area contributed by atoms with E-state index >= 15 is 0 Å². The molecule has 0 radical (unpaired) electrons. The number of carbonyl (C=O) groups excluding carboxylic acids is 2. The summed E-state index contributed by atoms with van der Waals surface area (Å²) in [5.74, 6) is -1.20. The molecule has 12 heteroatoms. The van der Waals surface area contributed by atoms with Crippen LogP contribution in [0.5, 0.6) is 5.75 Å². The SMILES string of the molecule is COc1ccc(-c2cnccn2)cc1CN(C(=O)c1sc2c(F)ccc(F)c2c1Cl)[C@H]1CC[C@H](N(C)C(=O)OC(C)(C)C)CC1. The Morgan fingerprint density at radius 3 is 2.36 bits per heavy atom. The Kier molecular flexibility index (Phi) is 9.60. The summed E-state index contributed by atoms with van der Waals surface area (Å²) in [6.45, 7) is 5.61. The number of methoxy groups -OCH3 is 1. The Morgan fingerprint density at radius 2 is 1.73 bits per heavy atom. The maximum atomic E-state index is 14.8. The van der Waals surface area contributed by atoms with Crippen LogP contribution in [0.3, 0.4) is 0 Å². The first-order chi connectivity index (χ1) is 21.4. The van der Waals surface area contributed by atoms with Crippen molar-refractivity contribution in [2.45, 2.75) is 70.7 Å². The lowest BCUT2D eigenvalue weighted by molar-refractivity contribution is 0.0144. The summed E-state index contributed by atoms with van der Waals surface area (Å²) in [5.41, 5.74) is 1.55. The number of carbonyl (C=O) groups is 2. The molecule has 1 fully saturated rings. The number of amides is 2. The molecule has 2 amide bonds. The van der Waals surface area contributed by atoms with Gasteiger partial charge in [0.05, 0.1) is 34.1 Å². The quantitative estimate of drug-likeness (QED) is 0.200. The number of benzene rings is 2. The zero-order valence-corrected chi connectivity index (χ0v) is 27.3. The van der Waals surface area contributed by atoms with E-state index in [0.717, 1.165) is 34.6 Å². The van der Waals surface area contributed by atoms with Gasteiger partial charge in [-0.3, -0.25) is 14.8 Å². The number of nitrogens with zero attached hydrogens (tertiary/aromatic N) is 4. The van der Waals surface area contributed by atoms with Crippen molar-refractivity contribution >= 4 is 45.0 Å². The normalized spacial score (nSPS) is 16.8. The molecule has 0 unspecified atom stereocenters. The van der Waals surface area contributed by atoms with E-state index in [2.05, 4.69) is 9.97 Å². The Morgan fingerprint density at radius 1 is 1.04 bits per heavy atom. The van der Waals surface area contributed by atoms with E-state index in [1.54, 1.807) is 42.5 Å². The van der Waals surface area contributed by atoms with E-state index in [0.29, 0.717) is 37.1 Å². The summed E-state index contributed by atoms with van der Waals surface area (Å²) >= 11 is 7.43. The molecule has 1 aliphatic carbocycles. The minimum absolute atomic E-state index is 0.00627. The lowest BCUT2D eigenvalue weighted by Gasteiger charge is -2.40. The molecule has 2 aromatic heterocycles. The predicted molar refractivity (Wildman–Crippen MR) is 171 cm³/mol. The molecule has 2 heterocycles. The van der Waals surface area contributed by atoms with Crippen LogP contribution in [-0.2, 0) is 11.3 Å². The van der Waals surface area contributed by atoms with E-state index in [-0.39, 0.29) is 38.6 Å². The Balaban J connectivity index is 1.49. The maximum Gasteiger partial charge on any atom is 0.410 e. The van der Waals surface area contributed by atoms with E-state index < -0.39 is 29.2 Å². The smallest absolute Gasteiger partial charge is 0.410 e. The molecule has 0 bridgehead atoms. The fourth-order valence-electron chi connectivity index (χ4n) is 5.67. The van der Waals surface area contributed by atoms with Crippen LogP contribution in [-0.4, -0.2) is 63.6 Å². The first-order valence-electron chi connectivity index (χ1n) is 14.6. The summed E-state index contributed by atoms with van der Waals surface area (Å²) in [6.07, 6.45) is 6.87. The standard InChI is InChI=1S/C33H35ClF2N4O4S/c1-33(2,3)44-32(42)39(4)21-7-9-22(10-8-21)40(31(41)30-28(34)27-23(35)11-12-24(36)29(27)45-30)18-20-16-19(6-13-26(20)43-5)25-17-37-14-15-38-25/h6,11-17,21-22H,7-10,18H2,1-5H3/t21-,22-. The van der Waals surface area contributed by atoms with Gasteiger partial charge < -0.3 is 19.3 Å². The summed E-state index contributed by atoms with van der Waals surface area (Å²) < 4.78 is 40.7. The van der Waals surface area contributed by atoms with Crippen LogP contribution in [0, 0.1) is 11.6 Å². The Hall–Kier alpha value is -3.83. The molecular weight excluding hydrogens is 622 g/mol. The molecule has 5 rings (SSSR count). The van der Waals surface area contributed by atoms with Gasteiger partial charge in [0.1, 0.15) is 27.9 Å². The highest BCUT2D eigenvalue weighted by Crippen LogP contribution is 2.41. The first-order valence-corrected chi connectivity index (χ1v) is 15.8. The number of hydrogen-bond acceptors (Lipinski definition) is 7. The zero-order chi connectivity index (χ0) is 32.5. The van der Waals surface area contributed by atoms with E-state index in [1.807, 2.05) is 39.0 Å². The van der Waals surface area contributed by atoms with Crippen LogP contribution in [0.15, 0.2) is 48.9 Å². The number of ether oxygens (including phenoxy) is 2. The molecule has 8 nitrogen and oxygen atoms in total. The van der Waals surface area contributed by atoms with Gasteiger partial charge in [-0.15, -0.1) is 11.3 Å². The minimum Gasteiger partial charge on any atom is -0.496 e. The average Bonchev–Trinajstić information content (AvgIpc) is 3.38. The summed E-state index contributed by atoms with van der Waals surface area (Å²) in [7, 11) is 3.28. The van der Waals surface area contributed by atoms with Crippen molar-refractivity contribution in [2.75, 3.05) is 14.2 Å². The van der Waals surface area contributed by atoms with Gasteiger partial charge in [0, 0.05) is 49.2 Å². The van der Waals surface area contributed by atoms with Crippen LogP contribution in [0.4, 0.5) is 13.6 Å². The maximum absolute atomic E-state index is 14.8. The van der Waals surface area contributed by atoms with E-state index in [4.69, 9.17) is 21.1 Å². The molecule has 0 aliphatic heterocycles. The van der Waals surface area contributed by atoms with Crippen LogP contribution in [0.1, 0.15) is 61.7 Å². The van der Waals surface area contributed by atoms with Gasteiger partial charge in [-0.25, -0.2) is 13.6 Å². The number of fused-ring (bicyclic) bond motifs is 1. The fourth-order valence-corrected chi connectivity index (χ4v) is 7.17. The minimum atomic E-state index is -0.692. The van der Waals surface area contributed by atoms with E-state index in [9.17, 15) is 18.4 Å². The molecular formula is C33H35ClF2N4O4S. The van der Waals surface area contributed by atoms with Gasteiger partial charge in [-0.1, -0.05) is 11.6 Å². The molecule has 0 atom stereocenters. The predicted octanol–water partition coefficient (Wildman–Crippen LogP) is 8.12. The number of rotatable bonds is 7. The molecule has 4 aromatic rings. The van der Waals surface area contributed by atoms with Gasteiger partial charge in [-0.2, -0.15) is 0 Å². The van der Waals surface area contributed by atoms with Crippen LogP contribution in [0.25, 0.3) is 21.3 Å². The van der Waals surface area contributed by atoms with Crippen molar-refractivity contribution in [3.63, 3.8) is 0 Å². The third-order valence-corrected chi connectivity index (χ3v) is 9.63. The summed E-state index contributed by atoms with van der Waals surface area (Å²) in [5, 5.41) is -0.212. The van der Waals surface area contributed by atoms with Gasteiger partial charge in [0.2, 0.25) is 0 Å². The third-order valence-electron chi connectivity index (χ3n) is 7.95. The van der Waals surface area contributed by atoms with Gasteiger partial charge >= 0.3 is 6.09 Å². The molecule has 2 aromatic carbocycles. The van der Waals surface area contributed by atoms with Crippen molar-refractivity contribution in [2.24, 2.45) is 0 Å². The van der Waals surface area contributed by atoms with Gasteiger partial charge in [0.25, 0.3) is 5.91 Å². The molecule has 1 saturated carbocycles. The molecule has 1 aliphatic rings. The van der Waals surface area contributed by atoms with Crippen LogP contribution in [0.2, 0.25) is 5.02 Å². The Labute approximate surface area is 269 Å². The van der Waals surface area contributed by atoms with Crippen LogP contribution >= 0.6 is 22.9 Å². The van der Waals surface area contributed by atoms with Gasteiger partial charge in [-0.05, 0) is 76.8 Å². The summed E-state index contributed by atoms with van der Waals surface area (Å²) in [6, 6.07) is 7.29. The molecule has 45 heavy (non-hydrogen) atoms. The lowest BCUT2D eigenvalue weighted by Crippen LogP contribution is -2.47. The summed E-state index contributed by atoms with van der Waals surface area (Å²) in [4.78, 5) is 39.0. The molecule has 238 valence electrons. The second kappa shape index (κ2) is 13.3. The molecule has 0 N–H and O–H groups in total. The number of hydrogen-bond donors (Lipinski definition) is 0. The van der Waals surface area contributed by atoms with Crippen LogP contribution < -0.4 is 4.74 Å². The lowest BCUT2D eigenvalue weighted by atomic mass is 9.89. The van der Waals surface area contributed by atoms with Crippen molar-refractivity contribution in [1.82, 2.24) is 19.8 Å². The third kappa shape index (κ3) is 7.04. The highest BCUT2D eigenvalue weighted by Gasteiger charge is 2.35. The molecule has 0 spiro atoms. The van der Waals surface area contributed by atoms with Gasteiger partial charge in [0.15, 0.2) is 0 Å². The highest BCUT2D eigenvalue weighted by atomic mass is 35.5. The van der Waals surface area contributed by atoms with Crippen molar-refractivity contribution in [1.29, 1.82) is 0 Å². The number of aromatic nitrogens is 2. The topological polar surface area (TPSA) is 84.9 Å². The Bertz CT molecular complexity index is 1700. The second-order valence-corrected chi connectivity index (χ2v) is 13.5. The van der Waals surface area contributed by atoms with Crippen molar-refractivity contribution < 1.29 is 27.8 Å². The largest absolute Gasteiger partial charge is 0.496 e. The van der Waals surface area contributed by atoms with Crippen molar-refractivity contribution in [3.05, 3.63) is 76.0 Å². The number of halogens is 3. The monoisotopic (exact) mass is 656 g/mol. The average molecular weight is 657 g/mol. The zero-order valence-electron chi connectivity index (χ0n) is 25.8.